The van der Waals surface area contributed by atoms with E-state index in [0.29, 0.717) is 17.7 Å². The highest BCUT2D eigenvalue weighted by Crippen LogP contribution is 2.32. The SMILES string of the molecule is CNc1cccc(-c2ccc(C(=O)N[C@@H]3C4CCN(CC4)[C@@H]3C)[nH]2)c1. The van der Waals surface area contributed by atoms with E-state index in [4.69, 9.17) is 0 Å². The van der Waals surface area contributed by atoms with E-state index in [9.17, 15) is 4.79 Å². The number of rotatable bonds is 4. The molecule has 5 nitrogen and oxygen atoms in total. The first kappa shape index (κ1) is 16.2. The van der Waals surface area contributed by atoms with Crippen LogP contribution in [0, 0.1) is 5.92 Å². The van der Waals surface area contributed by atoms with Crippen LogP contribution in [0.3, 0.4) is 0 Å². The summed E-state index contributed by atoms with van der Waals surface area (Å²) in [6.07, 6.45) is 2.39. The number of carbonyl (C=O) groups is 1. The van der Waals surface area contributed by atoms with Gasteiger partial charge in [0.25, 0.3) is 5.91 Å². The van der Waals surface area contributed by atoms with E-state index in [0.717, 1.165) is 16.9 Å². The maximum absolute atomic E-state index is 12.7. The Hall–Kier alpha value is -2.27. The van der Waals surface area contributed by atoms with Gasteiger partial charge in [-0.2, -0.15) is 0 Å². The summed E-state index contributed by atoms with van der Waals surface area (Å²) in [5.41, 5.74) is 3.72. The Balaban J connectivity index is 1.49. The molecule has 3 N–H and O–H groups in total. The number of H-pyrrole nitrogens is 1. The van der Waals surface area contributed by atoms with Crippen LogP contribution < -0.4 is 10.6 Å². The number of hydrogen-bond acceptors (Lipinski definition) is 3. The van der Waals surface area contributed by atoms with Crippen molar-refractivity contribution in [3.05, 3.63) is 42.1 Å². The molecule has 0 saturated carbocycles. The van der Waals surface area contributed by atoms with Gasteiger partial charge in [-0.3, -0.25) is 9.69 Å². The van der Waals surface area contributed by atoms with Crippen molar-refractivity contribution < 1.29 is 4.79 Å². The third kappa shape index (κ3) is 3.04. The Morgan fingerprint density at radius 1 is 1.20 bits per heavy atom. The lowest BCUT2D eigenvalue weighted by molar-refractivity contribution is 0.0216. The lowest BCUT2D eigenvalue weighted by atomic mass is 9.79. The highest BCUT2D eigenvalue weighted by atomic mass is 16.2. The van der Waals surface area contributed by atoms with E-state index in [-0.39, 0.29) is 11.9 Å². The predicted molar refractivity (Wildman–Crippen MR) is 101 cm³/mol. The second-order valence-corrected chi connectivity index (χ2v) is 7.23. The predicted octanol–water partition coefficient (Wildman–Crippen LogP) is 2.94. The number of aromatic nitrogens is 1. The van der Waals surface area contributed by atoms with E-state index >= 15 is 0 Å². The summed E-state index contributed by atoms with van der Waals surface area (Å²) in [4.78, 5) is 18.5. The molecule has 132 valence electrons. The molecular formula is C20H26N4O. The minimum Gasteiger partial charge on any atom is -0.388 e. The number of nitrogens with zero attached hydrogens (tertiary/aromatic N) is 1. The van der Waals surface area contributed by atoms with Crippen molar-refractivity contribution in [2.24, 2.45) is 5.92 Å². The number of carbonyl (C=O) groups excluding carboxylic acids is 1. The first-order valence-corrected chi connectivity index (χ1v) is 9.18. The zero-order valence-electron chi connectivity index (χ0n) is 14.9. The van der Waals surface area contributed by atoms with Crippen LogP contribution in [0.1, 0.15) is 30.3 Å². The summed E-state index contributed by atoms with van der Waals surface area (Å²) in [5, 5.41) is 6.42. The summed E-state index contributed by atoms with van der Waals surface area (Å²) < 4.78 is 0. The molecule has 3 fully saturated rings. The summed E-state index contributed by atoms with van der Waals surface area (Å²) in [6, 6.07) is 12.7. The Bertz CT molecular complexity index is 759. The summed E-state index contributed by atoms with van der Waals surface area (Å²) in [6.45, 7) is 4.58. The van der Waals surface area contributed by atoms with Gasteiger partial charge in [0.05, 0.1) is 0 Å². The van der Waals surface area contributed by atoms with E-state index < -0.39 is 0 Å². The van der Waals surface area contributed by atoms with Crippen LogP contribution in [0.2, 0.25) is 0 Å². The van der Waals surface area contributed by atoms with Gasteiger partial charge >= 0.3 is 0 Å². The normalized spacial score (nSPS) is 27.9. The lowest BCUT2D eigenvalue weighted by Crippen LogP contribution is -2.62. The fourth-order valence-corrected chi connectivity index (χ4v) is 4.31. The molecule has 0 unspecified atom stereocenters. The molecule has 2 bridgehead atoms. The summed E-state index contributed by atoms with van der Waals surface area (Å²) in [5.74, 6) is 0.618. The molecule has 3 saturated heterocycles. The van der Waals surface area contributed by atoms with Crippen molar-refractivity contribution in [1.29, 1.82) is 0 Å². The van der Waals surface area contributed by atoms with Crippen LogP contribution in [0.4, 0.5) is 5.69 Å². The molecule has 3 aliphatic rings. The van der Waals surface area contributed by atoms with Crippen LogP contribution in [-0.2, 0) is 0 Å². The Morgan fingerprint density at radius 3 is 2.72 bits per heavy atom. The maximum Gasteiger partial charge on any atom is 0.267 e. The zero-order valence-corrected chi connectivity index (χ0v) is 14.9. The third-order valence-electron chi connectivity index (χ3n) is 5.87. The molecule has 5 rings (SSSR count). The number of benzene rings is 1. The van der Waals surface area contributed by atoms with E-state index in [1.54, 1.807) is 0 Å². The van der Waals surface area contributed by atoms with Crippen LogP contribution in [0.5, 0.6) is 0 Å². The number of anilines is 1. The fraction of sp³-hybridized carbons (Fsp3) is 0.450. The van der Waals surface area contributed by atoms with Gasteiger partial charge in [-0.05, 0) is 68.6 Å². The molecule has 25 heavy (non-hydrogen) atoms. The first-order chi connectivity index (χ1) is 12.2. The van der Waals surface area contributed by atoms with Crippen LogP contribution >= 0.6 is 0 Å². The minimum absolute atomic E-state index is 0.00150. The maximum atomic E-state index is 12.7. The lowest BCUT2D eigenvalue weighted by Gasteiger charge is -2.49. The number of hydrogen-bond donors (Lipinski definition) is 3. The molecule has 4 heterocycles. The average Bonchev–Trinajstić information content (AvgIpc) is 3.15. The topological polar surface area (TPSA) is 60.2 Å². The average molecular weight is 338 g/mol. The van der Waals surface area contributed by atoms with Gasteiger partial charge < -0.3 is 15.6 Å². The molecule has 0 radical (unpaired) electrons. The standard InChI is InChI=1S/C20H26N4O/c1-13-19(14-8-10-24(13)11-9-14)23-20(25)18-7-6-17(22-18)15-4-3-5-16(12-15)21-2/h3-7,12-14,19,21-22H,8-11H2,1-2H3,(H,23,25)/t13-,19+/m1/s1. The number of nitrogens with one attached hydrogen (secondary N) is 3. The van der Waals surface area contributed by atoms with Crippen LogP contribution in [0.15, 0.2) is 36.4 Å². The molecule has 0 spiro atoms. The molecule has 5 heteroatoms. The molecular weight excluding hydrogens is 312 g/mol. The van der Waals surface area contributed by atoms with Gasteiger partial charge in [0.2, 0.25) is 0 Å². The van der Waals surface area contributed by atoms with E-state index in [2.05, 4.69) is 33.5 Å². The summed E-state index contributed by atoms with van der Waals surface area (Å²) >= 11 is 0. The van der Waals surface area contributed by atoms with Gasteiger partial charge in [-0.1, -0.05) is 12.1 Å². The Morgan fingerprint density at radius 2 is 2.00 bits per heavy atom. The monoisotopic (exact) mass is 338 g/mol. The first-order valence-electron chi connectivity index (χ1n) is 9.18. The van der Waals surface area contributed by atoms with E-state index in [1.165, 1.54) is 25.9 Å². The molecule has 1 aromatic heterocycles. The number of amides is 1. The van der Waals surface area contributed by atoms with Crippen molar-refractivity contribution in [2.45, 2.75) is 31.8 Å². The Labute approximate surface area is 148 Å². The van der Waals surface area contributed by atoms with Crippen molar-refractivity contribution in [3.8, 4) is 11.3 Å². The second-order valence-electron chi connectivity index (χ2n) is 7.23. The zero-order chi connectivity index (χ0) is 17.4. The molecule has 2 atom stereocenters. The molecule has 3 aliphatic heterocycles. The fourth-order valence-electron chi connectivity index (χ4n) is 4.31. The van der Waals surface area contributed by atoms with Crippen molar-refractivity contribution in [1.82, 2.24) is 15.2 Å². The number of fused-ring (bicyclic) bond motifs is 3. The summed E-state index contributed by atoms with van der Waals surface area (Å²) in [7, 11) is 1.90. The van der Waals surface area contributed by atoms with E-state index in [1.807, 2.05) is 37.4 Å². The van der Waals surface area contributed by atoms with Gasteiger partial charge in [0.1, 0.15) is 5.69 Å². The molecule has 0 aliphatic carbocycles. The highest BCUT2D eigenvalue weighted by molar-refractivity contribution is 5.93. The largest absolute Gasteiger partial charge is 0.388 e. The van der Waals surface area contributed by atoms with Crippen molar-refractivity contribution in [2.75, 3.05) is 25.5 Å². The van der Waals surface area contributed by atoms with Crippen LogP contribution in [0.25, 0.3) is 11.3 Å². The Kier molecular flexibility index (Phi) is 4.25. The van der Waals surface area contributed by atoms with Crippen LogP contribution in [-0.4, -0.2) is 48.0 Å². The second kappa shape index (κ2) is 6.56. The van der Waals surface area contributed by atoms with Gasteiger partial charge in [-0.15, -0.1) is 0 Å². The van der Waals surface area contributed by atoms with Gasteiger partial charge in [0, 0.05) is 30.5 Å². The highest BCUT2D eigenvalue weighted by Gasteiger charge is 2.40. The minimum atomic E-state index is 0.00150. The van der Waals surface area contributed by atoms with Crippen molar-refractivity contribution in [3.63, 3.8) is 0 Å². The van der Waals surface area contributed by atoms with Gasteiger partial charge in [-0.25, -0.2) is 0 Å². The quantitative estimate of drug-likeness (QED) is 0.803. The molecule has 1 aromatic carbocycles. The van der Waals surface area contributed by atoms with Crippen molar-refractivity contribution >= 4 is 11.6 Å². The number of aromatic amines is 1. The molecule has 2 aromatic rings. The van der Waals surface area contributed by atoms with Gasteiger partial charge in [0.15, 0.2) is 0 Å². The number of piperidine rings is 3. The smallest absolute Gasteiger partial charge is 0.267 e. The molecule has 1 amide bonds. The third-order valence-corrected chi connectivity index (χ3v) is 5.87.